The fraction of sp³-hybridized carbons (Fsp3) is 0.708. The number of ether oxygens (including phenoxy) is 1. The van der Waals surface area contributed by atoms with Gasteiger partial charge in [0.25, 0.3) is 0 Å². The number of thioether (sulfide) groups is 1. The minimum Gasteiger partial charge on any atom is -0.423 e. The molecule has 0 unspecified atom stereocenters. The van der Waals surface area contributed by atoms with Crippen molar-refractivity contribution in [2.24, 2.45) is 23.7 Å². The average Bonchev–Trinajstić information content (AvgIpc) is 2.72. The van der Waals surface area contributed by atoms with Gasteiger partial charge in [-0.1, -0.05) is 39.5 Å². The summed E-state index contributed by atoms with van der Waals surface area (Å²) in [6.45, 7) is 4.40. The van der Waals surface area contributed by atoms with E-state index in [1.807, 2.05) is 0 Å². The van der Waals surface area contributed by atoms with Gasteiger partial charge in [0, 0.05) is 10.6 Å². The molecule has 2 aliphatic carbocycles. The van der Waals surface area contributed by atoms with Gasteiger partial charge in [-0.3, -0.25) is 4.79 Å². The Morgan fingerprint density at radius 2 is 1.66 bits per heavy atom. The van der Waals surface area contributed by atoms with Crippen LogP contribution in [0.25, 0.3) is 0 Å². The van der Waals surface area contributed by atoms with Crippen LogP contribution in [0.5, 0.6) is 5.75 Å². The molecule has 2 fully saturated rings. The third-order valence-corrected chi connectivity index (χ3v) is 7.97. The highest BCUT2D eigenvalue weighted by Crippen LogP contribution is 2.37. The summed E-state index contributed by atoms with van der Waals surface area (Å²) in [7, 11) is 0. The van der Waals surface area contributed by atoms with Gasteiger partial charge >= 0.3 is 5.97 Å². The molecule has 2 aliphatic rings. The number of carbonyl (C=O) groups is 1. The third kappa shape index (κ3) is 6.19. The zero-order chi connectivity index (χ0) is 20.8. The molecule has 0 N–H and O–H groups in total. The summed E-state index contributed by atoms with van der Waals surface area (Å²) in [5, 5.41) is 0. The molecule has 0 heterocycles. The maximum absolute atomic E-state index is 14.5. The first-order chi connectivity index (χ1) is 14.0. The lowest BCUT2D eigenvalue weighted by atomic mass is 9.81. The molecule has 1 aromatic rings. The van der Waals surface area contributed by atoms with Crippen molar-refractivity contribution < 1.29 is 18.3 Å². The molecule has 0 atom stereocenters. The molecule has 0 spiro atoms. The molecule has 3 rings (SSSR count). The van der Waals surface area contributed by atoms with E-state index in [1.54, 1.807) is 6.07 Å². The maximum Gasteiger partial charge on any atom is 0.314 e. The zero-order valence-electron chi connectivity index (χ0n) is 17.7. The molecule has 5 heteroatoms. The zero-order valence-corrected chi connectivity index (χ0v) is 18.5. The van der Waals surface area contributed by atoms with Crippen molar-refractivity contribution in [1.29, 1.82) is 0 Å². The molecule has 2 nitrogen and oxygen atoms in total. The van der Waals surface area contributed by atoms with Gasteiger partial charge in [-0.15, -0.1) is 11.8 Å². The largest absolute Gasteiger partial charge is 0.423 e. The molecule has 0 aliphatic heterocycles. The lowest BCUT2D eigenvalue weighted by Crippen LogP contribution is -2.25. The Balaban J connectivity index is 1.52. The van der Waals surface area contributed by atoms with Crippen LogP contribution in [0, 0.1) is 35.3 Å². The van der Waals surface area contributed by atoms with Crippen molar-refractivity contribution in [3.8, 4) is 5.75 Å². The van der Waals surface area contributed by atoms with E-state index in [9.17, 15) is 13.6 Å². The normalized spacial score (nSPS) is 27.6. The monoisotopic (exact) mass is 424 g/mol. The Bertz CT molecular complexity index is 678. The standard InChI is InChI=1S/C24H34F2O2S/c1-3-4-17-7-9-18(10-8-17)15-29-21-14-13-20(22(25)23(21)26)28-24(27)19-11-5-16(2)6-12-19/h13-14,16-19H,3-12,15H2,1-2H3. The minimum absolute atomic E-state index is 0.203. The Labute approximate surface area is 178 Å². The van der Waals surface area contributed by atoms with Crippen LogP contribution < -0.4 is 4.74 Å². The maximum atomic E-state index is 14.5. The molecule has 0 bridgehead atoms. The van der Waals surface area contributed by atoms with E-state index in [1.165, 1.54) is 56.4 Å². The summed E-state index contributed by atoms with van der Waals surface area (Å²) in [6, 6.07) is 2.96. The SMILES string of the molecule is CCCC1CCC(CSc2ccc(OC(=O)C3CCC(C)CC3)c(F)c2F)CC1. The molecule has 0 aromatic heterocycles. The van der Waals surface area contributed by atoms with Gasteiger partial charge in [0.05, 0.1) is 5.92 Å². The summed E-state index contributed by atoms with van der Waals surface area (Å²) in [5.74, 6) is -0.00376. The topological polar surface area (TPSA) is 26.3 Å². The van der Waals surface area contributed by atoms with Gasteiger partial charge in [-0.05, 0) is 68.4 Å². The Hall–Kier alpha value is -1.10. The molecular formula is C24H34F2O2S. The summed E-state index contributed by atoms with van der Waals surface area (Å²) < 4.78 is 34.2. The third-order valence-electron chi connectivity index (χ3n) is 6.71. The number of halogens is 2. The highest BCUT2D eigenvalue weighted by molar-refractivity contribution is 7.99. The van der Waals surface area contributed by atoms with Crippen LogP contribution in [0.4, 0.5) is 8.78 Å². The Morgan fingerprint density at radius 1 is 1.00 bits per heavy atom. The van der Waals surface area contributed by atoms with Crippen LogP contribution >= 0.6 is 11.8 Å². The molecule has 0 amide bonds. The second-order valence-electron chi connectivity index (χ2n) is 9.05. The lowest BCUT2D eigenvalue weighted by molar-refractivity contribution is -0.140. The van der Waals surface area contributed by atoms with Gasteiger partial charge in [0.15, 0.2) is 11.6 Å². The van der Waals surface area contributed by atoms with Gasteiger partial charge in [-0.2, -0.15) is 4.39 Å². The van der Waals surface area contributed by atoms with E-state index in [0.717, 1.165) is 37.4 Å². The van der Waals surface area contributed by atoms with Gasteiger partial charge in [0.2, 0.25) is 5.82 Å². The molecule has 1 aromatic carbocycles. The molecule has 2 saturated carbocycles. The van der Waals surface area contributed by atoms with E-state index in [2.05, 4.69) is 13.8 Å². The van der Waals surface area contributed by atoms with Crippen LogP contribution in [-0.4, -0.2) is 11.7 Å². The van der Waals surface area contributed by atoms with Gasteiger partial charge in [-0.25, -0.2) is 4.39 Å². The van der Waals surface area contributed by atoms with E-state index in [-0.39, 0.29) is 11.7 Å². The van der Waals surface area contributed by atoms with Crippen molar-refractivity contribution in [1.82, 2.24) is 0 Å². The van der Waals surface area contributed by atoms with E-state index < -0.39 is 17.6 Å². The Morgan fingerprint density at radius 3 is 2.31 bits per heavy atom. The number of rotatable bonds is 7. The lowest BCUT2D eigenvalue weighted by Gasteiger charge is -2.28. The highest BCUT2D eigenvalue weighted by atomic mass is 32.2. The average molecular weight is 425 g/mol. The number of hydrogen-bond donors (Lipinski definition) is 0. The van der Waals surface area contributed by atoms with E-state index in [0.29, 0.717) is 16.7 Å². The van der Waals surface area contributed by atoms with E-state index >= 15 is 0 Å². The van der Waals surface area contributed by atoms with Crippen molar-refractivity contribution in [3.05, 3.63) is 23.8 Å². The van der Waals surface area contributed by atoms with Crippen molar-refractivity contribution in [2.45, 2.75) is 83.0 Å². The van der Waals surface area contributed by atoms with Crippen LogP contribution in [0.1, 0.15) is 78.1 Å². The fourth-order valence-corrected chi connectivity index (χ4v) is 5.82. The fourth-order valence-electron chi connectivity index (χ4n) is 4.69. The quantitative estimate of drug-likeness (QED) is 0.259. The summed E-state index contributed by atoms with van der Waals surface area (Å²) in [6.07, 6.45) is 10.9. The van der Waals surface area contributed by atoms with E-state index in [4.69, 9.17) is 4.74 Å². The summed E-state index contributed by atoms with van der Waals surface area (Å²) in [5.41, 5.74) is 0. The first-order valence-electron chi connectivity index (χ1n) is 11.3. The highest BCUT2D eigenvalue weighted by Gasteiger charge is 2.28. The first kappa shape index (κ1) is 22.6. The van der Waals surface area contributed by atoms with Crippen molar-refractivity contribution in [2.75, 3.05) is 5.75 Å². The summed E-state index contributed by atoms with van der Waals surface area (Å²) >= 11 is 1.38. The molecule has 29 heavy (non-hydrogen) atoms. The molecule has 0 radical (unpaired) electrons. The van der Waals surface area contributed by atoms with Crippen LogP contribution in [0.3, 0.4) is 0 Å². The predicted molar refractivity (Wildman–Crippen MR) is 114 cm³/mol. The first-order valence-corrected chi connectivity index (χ1v) is 12.3. The Kier molecular flexibility index (Phi) is 8.40. The molecule has 0 saturated heterocycles. The number of benzene rings is 1. The predicted octanol–water partition coefficient (Wildman–Crippen LogP) is 7.40. The van der Waals surface area contributed by atoms with Crippen LogP contribution in [0.2, 0.25) is 0 Å². The second-order valence-corrected chi connectivity index (χ2v) is 10.1. The minimum atomic E-state index is -1.04. The molecule has 162 valence electrons. The summed E-state index contributed by atoms with van der Waals surface area (Å²) in [4.78, 5) is 12.6. The van der Waals surface area contributed by atoms with Crippen molar-refractivity contribution in [3.63, 3.8) is 0 Å². The van der Waals surface area contributed by atoms with Gasteiger partial charge < -0.3 is 4.74 Å². The van der Waals surface area contributed by atoms with Crippen molar-refractivity contribution >= 4 is 17.7 Å². The number of carbonyl (C=O) groups excluding carboxylic acids is 1. The smallest absolute Gasteiger partial charge is 0.314 e. The number of hydrogen-bond acceptors (Lipinski definition) is 3. The molecular weight excluding hydrogens is 390 g/mol. The number of esters is 1. The van der Waals surface area contributed by atoms with Crippen LogP contribution in [-0.2, 0) is 4.79 Å². The van der Waals surface area contributed by atoms with Gasteiger partial charge in [0.1, 0.15) is 0 Å². The second kappa shape index (κ2) is 10.8. The van der Waals surface area contributed by atoms with Crippen LogP contribution in [0.15, 0.2) is 17.0 Å².